The number of hydrogen-bond acceptors (Lipinski definition) is 2. The van der Waals surface area contributed by atoms with Crippen molar-refractivity contribution in [3.63, 3.8) is 0 Å². The van der Waals surface area contributed by atoms with Gasteiger partial charge in [0.25, 0.3) is 5.92 Å². The lowest BCUT2D eigenvalue weighted by atomic mass is 9.86. The molecule has 0 bridgehead atoms. The highest BCUT2D eigenvalue weighted by atomic mass is 19.3. The summed E-state index contributed by atoms with van der Waals surface area (Å²) >= 11 is 0. The summed E-state index contributed by atoms with van der Waals surface area (Å²) in [5, 5.41) is 2.65. The number of nitrogens with zero attached hydrogens (tertiary/aromatic N) is 1. The molecule has 1 atom stereocenters. The first-order valence-electron chi connectivity index (χ1n) is 7.92. The molecule has 0 radical (unpaired) electrons. The van der Waals surface area contributed by atoms with E-state index < -0.39 is 12.0 Å². The Balaban J connectivity index is 1.58. The topological polar surface area (TPSA) is 32.3 Å². The van der Waals surface area contributed by atoms with Gasteiger partial charge in [0.15, 0.2) is 0 Å². The van der Waals surface area contributed by atoms with Gasteiger partial charge in [0, 0.05) is 19.5 Å². The Labute approximate surface area is 129 Å². The molecule has 0 saturated carbocycles. The molecule has 0 aliphatic carbocycles. The van der Waals surface area contributed by atoms with E-state index in [1.54, 1.807) is 4.90 Å². The lowest BCUT2D eigenvalue weighted by Gasteiger charge is -2.34. The molecule has 2 heterocycles. The Bertz CT molecular complexity index is 553. The van der Waals surface area contributed by atoms with E-state index in [0.29, 0.717) is 19.0 Å². The molecule has 2 fully saturated rings. The lowest BCUT2D eigenvalue weighted by molar-refractivity contribution is -0.134. The molecule has 1 amide bonds. The average Bonchev–Trinajstić information content (AvgIpc) is 2.87. The minimum Gasteiger partial charge on any atom is -0.341 e. The minimum absolute atomic E-state index is 0.166. The largest absolute Gasteiger partial charge is 0.341 e. The highest BCUT2D eigenvalue weighted by molar-refractivity contribution is 5.82. The van der Waals surface area contributed by atoms with Crippen LogP contribution in [0.3, 0.4) is 0 Å². The second kappa shape index (κ2) is 5.95. The maximum absolute atomic E-state index is 13.2. The molecule has 2 saturated heterocycles. The van der Waals surface area contributed by atoms with E-state index in [-0.39, 0.29) is 18.9 Å². The van der Waals surface area contributed by atoms with Gasteiger partial charge in [0.05, 0.1) is 12.6 Å². The molecule has 120 valence electrons. The Morgan fingerprint density at radius 3 is 2.55 bits per heavy atom. The van der Waals surface area contributed by atoms with Crippen LogP contribution in [0.25, 0.3) is 0 Å². The van der Waals surface area contributed by atoms with Crippen molar-refractivity contribution < 1.29 is 13.6 Å². The van der Waals surface area contributed by atoms with Crippen LogP contribution in [0.15, 0.2) is 24.3 Å². The second-order valence-electron chi connectivity index (χ2n) is 6.45. The van der Waals surface area contributed by atoms with Crippen molar-refractivity contribution >= 4 is 5.91 Å². The summed E-state index contributed by atoms with van der Waals surface area (Å²) in [5.74, 6) is -2.46. The third kappa shape index (κ3) is 3.14. The first-order valence-corrected chi connectivity index (χ1v) is 7.92. The highest BCUT2D eigenvalue weighted by Crippen LogP contribution is 2.31. The number of aryl methyl sites for hydroxylation is 1. The van der Waals surface area contributed by atoms with E-state index in [4.69, 9.17) is 0 Å². The zero-order chi connectivity index (χ0) is 15.7. The Kier molecular flexibility index (Phi) is 4.17. The van der Waals surface area contributed by atoms with E-state index in [9.17, 15) is 13.6 Å². The van der Waals surface area contributed by atoms with Gasteiger partial charge in [-0.15, -0.1) is 0 Å². The van der Waals surface area contributed by atoms with E-state index in [2.05, 4.69) is 24.4 Å². The molecule has 2 aliphatic rings. The first-order chi connectivity index (χ1) is 10.5. The number of carbonyl (C=O) groups excluding carboxylic acids is 1. The van der Waals surface area contributed by atoms with Crippen LogP contribution in [0.1, 0.15) is 36.3 Å². The summed E-state index contributed by atoms with van der Waals surface area (Å²) in [6, 6.07) is 7.62. The van der Waals surface area contributed by atoms with E-state index in [1.807, 2.05) is 12.1 Å². The number of rotatable bonds is 2. The van der Waals surface area contributed by atoms with Crippen LogP contribution in [-0.2, 0) is 4.79 Å². The number of halogens is 2. The molecule has 2 aliphatic heterocycles. The van der Waals surface area contributed by atoms with Gasteiger partial charge >= 0.3 is 0 Å². The zero-order valence-corrected chi connectivity index (χ0v) is 12.8. The second-order valence-corrected chi connectivity index (χ2v) is 6.45. The number of hydrogen-bond donors (Lipinski definition) is 1. The van der Waals surface area contributed by atoms with Crippen molar-refractivity contribution in [2.45, 2.75) is 44.1 Å². The Morgan fingerprint density at radius 2 is 1.95 bits per heavy atom. The fourth-order valence-electron chi connectivity index (χ4n) is 3.57. The monoisotopic (exact) mass is 308 g/mol. The van der Waals surface area contributed by atoms with Crippen molar-refractivity contribution in [2.75, 3.05) is 19.6 Å². The van der Waals surface area contributed by atoms with Gasteiger partial charge in [-0.25, -0.2) is 8.78 Å². The van der Waals surface area contributed by atoms with Gasteiger partial charge in [0.1, 0.15) is 0 Å². The first kappa shape index (κ1) is 15.4. The fourth-order valence-corrected chi connectivity index (χ4v) is 3.57. The minimum atomic E-state index is -2.75. The molecule has 0 aromatic heterocycles. The molecule has 3 rings (SSSR count). The van der Waals surface area contributed by atoms with Crippen LogP contribution in [0.4, 0.5) is 8.78 Å². The predicted octanol–water partition coefficient (Wildman–Crippen LogP) is 2.70. The number of carbonyl (C=O) groups is 1. The van der Waals surface area contributed by atoms with E-state index in [0.717, 1.165) is 12.8 Å². The van der Waals surface area contributed by atoms with Gasteiger partial charge in [-0.2, -0.15) is 0 Å². The maximum Gasteiger partial charge on any atom is 0.262 e. The van der Waals surface area contributed by atoms with Gasteiger partial charge in [-0.1, -0.05) is 24.3 Å². The van der Waals surface area contributed by atoms with Crippen molar-refractivity contribution in [3.8, 4) is 0 Å². The molecule has 1 unspecified atom stereocenters. The summed E-state index contributed by atoms with van der Waals surface area (Å²) in [4.78, 5) is 14.1. The molecule has 5 heteroatoms. The number of alkyl halides is 2. The fraction of sp³-hybridized carbons (Fsp3) is 0.588. The van der Waals surface area contributed by atoms with Gasteiger partial charge in [-0.3, -0.25) is 10.1 Å². The molecule has 3 nitrogen and oxygen atoms in total. The van der Waals surface area contributed by atoms with Crippen molar-refractivity contribution in [2.24, 2.45) is 0 Å². The van der Waals surface area contributed by atoms with Crippen LogP contribution >= 0.6 is 0 Å². The molecular weight excluding hydrogens is 286 g/mol. The number of nitrogens with one attached hydrogen (secondary N) is 1. The molecular formula is C17H22F2N2O. The van der Waals surface area contributed by atoms with Crippen LogP contribution in [0.2, 0.25) is 0 Å². The van der Waals surface area contributed by atoms with Crippen molar-refractivity contribution in [3.05, 3.63) is 35.4 Å². The lowest BCUT2D eigenvalue weighted by Crippen LogP contribution is -2.46. The number of likely N-dealkylation sites (tertiary alicyclic amines) is 1. The number of piperidine rings is 1. The highest BCUT2D eigenvalue weighted by Gasteiger charge is 2.43. The summed E-state index contributed by atoms with van der Waals surface area (Å²) in [6.45, 7) is 3.03. The molecule has 1 aromatic rings. The maximum atomic E-state index is 13.2. The van der Waals surface area contributed by atoms with Crippen LogP contribution in [-0.4, -0.2) is 42.4 Å². The summed E-state index contributed by atoms with van der Waals surface area (Å²) in [6.07, 6.45) is 1.43. The molecule has 0 spiro atoms. The Hall–Kier alpha value is -1.49. The van der Waals surface area contributed by atoms with Crippen LogP contribution < -0.4 is 5.32 Å². The average molecular weight is 308 g/mol. The normalized spacial score (nSPS) is 25.4. The SMILES string of the molecule is Cc1ccccc1C1CCN(C(=O)C2CC(F)(F)CN2)CC1. The quantitative estimate of drug-likeness (QED) is 0.911. The smallest absolute Gasteiger partial charge is 0.262 e. The van der Waals surface area contributed by atoms with Crippen LogP contribution in [0.5, 0.6) is 0 Å². The standard InChI is InChI=1S/C17H22F2N2O/c1-12-4-2-3-5-14(12)13-6-8-21(9-7-13)16(22)15-10-17(18,19)11-20-15/h2-5,13,15,20H,6-11H2,1H3. The number of benzene rings is 1. The van der Waals surface area contributed by atoms with Gasteiger partial charge in [-0.05, 0) is 36.8 Å². The predicted molar refractivity (Wildman–Crippen MR) is 81.1 cm³/mol. The molecule has 1 N–H and O–H groups in total. The van der Waals surface area contributed by atoms with Crippen LogP contribution in [0, 0.1) is 6.92 Å². The third-order valence-corrected chi connectivity index (χ3v) is 4.84. The molecule has 22 heavy (non-hydrogen) atoms. The number of amides is 1. The zero-order valence-electron chi connectivity index (χ0n) is 12.8. The molecule has 1 aromatic carbocycles. The Morgan fingerprint density at radius 1 is 1.27 bits per heavy atom. The third-order valence-electron chi connectivity index (χ3n) is 4.84. The van der Waals surface area contributed by atoms with Gasteiger partial charge in [0.2, 0.25) is 5.91 Å². The summed E-state index contributed by atoms with van der Waals surface area (Å²) in [7, 11) is 0. The van der Waals surface area contributed by atoms with Crippen molar-refractivity contribution in [1.29, 1.82) is 0 Å². The van der Waals surface area contributed by atoms with Crippen molar-refractivity contribution in [1.82, 2.24) is 10.2 Å². The summed E-state index contributed by atoms with van der Waals surface area (Å²) < 4.78 is 26.4. The summed E-state index contributed by atoms with van der Waals surface area (Å²) in [5.41, 5.74) is 2.63. The van der Waals surface area contributed by atoms with Gasteiger partial charge < -0.3 is 4.90 Å². The van der Waals surface area contributed by atoms with E-state index >= 15 is 0 Å². The van der Waals surface area contributed by atoms with E-state index in [1.165, 1.54) is 11.1 Å².